The van der Waals surface area contributed by atoms with E-state index >= 15 is 0 Å². The van der Waals surface area contributed by atoms with Crippen molar-refractivity contribution in [1.82, 2.24) is 15.2 Å². The third kappa shape index (κ3) is 2.17. The molecule has 0 bridgehead atoms. The summed E-state index contributed by atoms with van der Waals surface area (Å²) in [6.07, 6.45) is 1.36. The molecule has 2 heterocycles. The smallest absolute Gasteiger partial charge is 0.182 e. The standard InChI is InChI=1S/C19H19N3O/c1-11-15-16(12-7-5-4-6-8-12)17-13(20-18(15)22-21-11)9-19(2,3)10-14(17)23/h4-8H,9-10H2,1-3H3,(H,20,21,22). The minimum Gasteiger partial charge on any atom is -0.294 e. The van der Waals surface area contributed by atoms with Gasteiger partial charge in [-0.2, -0.15) is 5.10 Å². The van der Waals surface area contributed by atoms with E-state index in [0.717, 1.165) is 39.9 Å². The number of H-pyrrole nitrogens is 1. The minimum absolute atomic E-state index is 0.0515. The zero-order chi connectivity index (χ0) is 16.2. The summed E-state index contributed by atoms with van der Waals surface area (Å²) in [5.74, 6) is 0.185. The molecular weight excluding hydrogens is 286 g/mol. The first-order chi connectivity index (χ1) is 11.0. The van der Waals surface area contributed by atoms with E-state index in [1.165, 1.54) is 0 Å². The summed E-state index contributed by atoms with van der Waals surface area (Å²) in [5.41, 5.74) is 5.30. The summed E-state index contributed by atoms with van der Waals surface area (Å²) in [5, 5.41) is 8.32. The van der Waals surface area contributed by atoms with Gasteiger partial charge in [0.1, 0.15) is 0 Å². The summed E-state index contributed by atoms with van der Waals surface area (Å²) in [4.78, 5) is 17.6. The second-order valence-electron chi connectivity index (χ2n) is 7.16. The number of rotatable bonds is 1. The van der Waals surface area contributed by atoms with Crippen LogP contribution in [0.5, 0.6) is 0 Å². The fourth-order valence-electron chi connectivity index (χ4n) is 3.61. The van der Waals surface area contributed by atoms with Crippen molar-refractivity contribution in [2.45, 2.75) is 33.6 Å². The van der Waals surface area contributed by atoms with Crippen molar-refractivity contribution in [3.63, 3.8) is 0 Å². The number of pyridine rings is 1. The summed E-state index contributed by atoms with van der Waals surface area (Å²) >= 11 is 0. The van der Waals surface area contributed by atoms with Crippen LogP contribution in [0.25, 0.3) is 22.2 Å². The van der Waals surface area contributed by atoms with E-state index in [1.807, 2.05) is 25.1 Å². The molecule has 116 valence electrons. The van der Waals surface area contributed by atoms with E-state index in [2.05, 4.69) is 36.2 Å². The molecule has 0 amide bonds. The van der Waals surface area contributed by atoms with Gasteiger partial charge in [0, 0.05) is 23.2 Å². The van der Waals surface area contributed by atoms with Gasteiger partial charge in [-0.15, -0.1) is 0 Å². The first kappa shape index (κ1) is 14.1. The number of hydrogen-bond donors (Lipinski definition) is 1. The number of ketones is 1. The molecular formula is C19H19N3O. The lowest BCUT2D eigenvalue weighted by molar-refractivity contribution is 0.0911. The van der Waals surface area contributed by atoms with Gasteiger partial charge in [-0.1, -0.05) is 44.2 Å². The molecule has 1 aliphatic carbocycles. The van der Waals surface area contributed by atoms with Crippen molar-refractivity contribution in [3.05, 3.63) is 47.3 Å². The van der Waals surface area contributed by atoms with E-state index in [-0.39, 0.29) is 11.2 Å². The Labute approximate surface area is 134 Å². The van der Waals surface area contributed by atoms with Crippen LogP contribution in [0, 0.1) is 12.3 Å². The van der Waals surface area contributed by atoms with Gasteiger partial charge in [-0.05, 0) is 24.3 Å². The van der Waals surface area contributed by atoms with Crippen molar-refractivity contribution in [2.24, 2.45) is 5.41 Å². The number of aromatic amines is 1. The highest BCUT2D eigenvalue weighted by Gasteiger charge is 2.35. The van der Waals surface area contributed by atoms with Crippen molar-refractivity contribution in [1.29, 1.82) is 0 Å². The van der Waals surface area contributed by atoms with Crippen molar-refractivity contribution >= 4 is 16.8 Å². The van der Waals surface area contributed by atoms with E-state index in [0.29, 0.717) is 12.1 Å². The van der Waals surface area contributed by atoms with Crippen LogP contribution in [0.3, 0.4) is 0 Å². The molecule has 0 unspecified atom stereocenters. The van der Waals surface area contributed by atoms with Gasteiger partial charge in [-0.3, -0.25) is 9.89 Å². The average molecular weight is 305 g/mol. The molecule has 4 rings (SSSR count). The third-order valence-electron chi connectivity index (χ3n) is 4.58. The molecule has 2 aromatic heterocycles. The Kier molecular flexibility index (Phi) is 2.92. The normalized spacial score (nSPS) is 16.6. The van der Waals surface area contributed by atoms with Crippen LogP contribution in [-0.4, -0.2) is 21.0 Å². The maximum atomic E-state index is 12.9. The van der Waals surface area contributed by atoms with Crippen LogP contribution in [0.15, 0.2) is 30.3 Å². The largest absolute Gasteiger partial charge is 0.294 e. The Morgan fingerprint density at radius 3 is 2.57 bits per heavy atom. The third-order valence-corrected chi connectivity index (χ3v) is 4.58. The van der Waals surface area contributed by atoms with Crippen molar-refractivity contribution in [2.75, 3.05) is 0 Å². The topological polar surface area (TPSA) is 58.6 Å². The van der Waals surface area contributed by atoms with Gasteiger partial charge in [0.2, 0.25) is 0 Å². The average Bonchev–Trinajstić information content (AvgIpc) is 2.86. The van der Waals surface area contributed by atoms with Crippen LogP contribution < -0.4 is 0 Å². The van der Waals surface area contributed by atoms with Gasteiger partial charge in [0.15, 0.2) is 11.4 Å². The number of Topliss-reactive ketones (excluding diaryl/α,β-unsaturated/α-hetero) is 1. The molecule has 1 aliphatic rings. The number of hydrogen-bond acceptors (Lipinski definition) is 3. The predicted octanol–water partition coefficient (Wildman–Crippen LogP) is 4.09. The van der Waals surface area contributed by atoms with Crippen LogP contribution in [0.4, 0.5) is 0 Å². The minimum atomic E-state index is -0.0515. The Bertz CT molecular complexity index is 923. The molecule has 4 heteroatoms. The number of fused-ring (bicyclic) bond motifs is 2. The quantitative estimate of drug-likeness (QED) is 0.736. The molecule has 0 saturated carbocycles. The number of nitrogens with one attached hydrogen (secondary N) is 1. The zero-order valence-electron chi connectivity index (χ0n) is 13.6. The van der Waals surface area contributed by atoms with E-state index in [9.17, 15) is 4.79 Å². The summed E-state index contributed by atoms with van der Waals surface area (Å²) in [6.45, 7) is 6.22. The predicted molar refractivity (Wildman–Crippen MR) is 90.5 cm³/mol. The van der Waals surface area contributed by atoms with E-state index in [4.69, 9.17) is 4.98 Å². The molecule has 3 aromatic rings. The highest BCUT2D eigenvalue weighted by Crippen LogP contribution is 2.41. The van der Waals surface area contributed by atoms with Crippen LogP contribution in [-0.2, 0) is 6.42 Å². The molecule has 0 spiro atoms. The fraction of sp³-hybridized carbons (Fsp3) is 0.316. The second-order valence-corrected chi connectivity index (χ2v) is 7.16. The van der Waals surface area contributed by atoms with Crippen molar-refractivity contribution < 1.29 is 4.79 Å². The summed E-state index contributed by atoms with van der Waals surface area (Å²) in [6, 6.07) is 10.1. The number of nitrogens with zero attached hydrogens (tertiary/aromatic N) is 2. The summed E-state index contributed by atoms with van der Waals surface area (Å²) < 4.78 is 0. The second kappa shape index (κ2) is 4.75. The Morgan fingerprint density at radius 2 is 1.83 bits per heavy atom. The van der Waals surface area contributed by atoms with Crippen molar-refractivity contribution in [3.8, 4) is 11.1 Å². The number of aromatic nitrogens is 3. The molecule has 0 radical (unpaired) electrons. The maximum absolute atomic E-state index is 12.9. The lowest BCUT2D eigenvalue weighted by Crippen LogP contribution is -2.28. The van der Waals surface area contributed by atoms with Crippen LogP contribution in [0.1, 0.15) is 42.0 Å². The van der Waals surface area contributed by atoms with Crippen LogP contribution in [0.2, 0.25) is 0 Å². The molecule has 23 heavy (non-hydrogen) atoms. The van der Waals surface area contributed by atoms with Gasteiger partial charge in [0.25, 0.3) is 0 Å². The molecule has 0 saturated heterocycles. The molecule has 0 fully saturated rings. The lowest BCUT2D eigenvalue weighted by Gasteiger charge is -2.30. The first-order valence-electron chi connectivity index (χ1n) is 7.92. The zero-order valence-corrected chi connectivity index (χ0v) is 13.6. The number of carbonyl (C=O) groups excluding carboxylic acids is 1. The van der Waals surface area contributed by atoms with Gasteiger partial charge < -0.3 is 0 Å². The fourth-order valence-corrected chi connectivity index (χ4v) is 3.61. The highest BCUT2D eigenvalue weighted by atomic mass is 16.1. The molecule has 0 atom stereocenters. The van der Waals surface area contributed by atoms with Gasteiger partial charge in [0.05, 0.1) is 11.1 Å². The first-order valence-corrected chi connectivity index (χ1v) is 7.92. The lowest BCUT2D eigenvalue weighted by atomic mass is 9.73. The SMILES string of the molecule is Cc1[nH]nc2nc3c(c(-c4ccccc4)c12)C(=O)CC(C)(C)C3. The monoisotopic (exact) mass is 305 g/mol. The van der Waals surface area contributed by atoms with E-state index in [1.54, 1.807) is 0 Å². The van der Waals surface area contributed by atoms with E-state index < -0.39 is 0 Å². The number of benzene rings is 1. The molecule has 1 aromatic carbocycles. The molecule has 4 nitrogen and oxygen atoms in total. The maximum Gasteiger partial charge on any atom is 0.182 e. The Morgan fingerprint density at radius 1 is 1.09 bits per heavy atom. The van der Waals surface area contributed by atoms with Gasteiger partial charge >= 0.3 is 0 Å². The van der Waals surface area contributed by atoms with Crippen LogP contribution >= 0.6 is 0 Å². The molecule has 1 N–H and O–H groups in total. The highest BCUT2D eigenvalue weighted by molar-refractivity contribution is 6.11. The number of carbonyl (C=O) groups is 1. The van der Waals surface area contributed by atoms with Gasteiger partial charge in [-0.25, -0.2) is 4.98 Å². The summed E-state index contributed by atoms with van der Waals surface area (Å²) in [7, 11) is 0. The number of aryl methyl sites for hydroxylation is 1. The Hall–Kier alpha value is -2.49. The Balaban J connectivity index is 2.13. The molecule has 0 aliphatic heterocycles.